The number of hydrogen-bond donors (Lipinski definition) is 1. The minimum absolute atomic E-state index is 0.257. The SMILES string of the molecule is Cc1cccc(OC(C)C(=O)Nc2c(C)n(C)n(-c3ccccc3)c2=O)c1C. The molecule has 3 aromatic rings. The van der Waals surface area contributed by atoms with Gasteiger partial charge in [0, 0.05) is 7.05 Å². The van der Waals surface area contributed by atoms with Gasteiger partial charge >= 0.3 is 0 Å². The number of benzene rings is 2. The van der Waals surface area contributed by atoms with E-state index in [1.54, 1.807) is 25.6 Å². The van der Waals surface area contributed by atoms with Crippen molar-refractivity contribution in [3.8, 4) is 11.4 Å². The zero-order chi connectivity index (χ0) is 20.4. The van der Waals surface area contributed by atoms with Crippen molar-refractivity contribution >= 4 is 11.6 Å². The summed E-state index contributed by atoms with van der Waals surface area (Å²) in [6.07, 6.45) is -0.746. The van der Waals surface area contributed by atoms with Gasteiger partial charge in [0.1, 0.15) is 11.4 Å². The Morgan fingerprint density at radius 3 is 2.39 bits per heavy atom. The van der Waals surface area contributed by atoms with Crippen molar-refractivity contribution < 1.29 is 9.53 Å². The van der Waals surface area contributed by atoms with Crippen LogP contribution >= 0.6 is 0 Å². The van der Waals surface area contributed by atoms with Crippen LogP contribution in [-0.2, 0) is 11.8 Å². The smallest absolute Gasteiger partial charge is 0.295 e. The molecule has 1 atom stereocenters. The van der Waals surface area contributed by atoms with Gasteiger partial charge in [0.15, 0.2) is 6.10 Å². The zero-order valence-electron chi connectivity index (χ0n) is 16.8. The molecule has 0 saturated heterocycles. The normalized spacial score (nSPS) is 11.9. The maximum atomic E-state index is 12.9. The molecule has 6 nitrogen and oxygen atoms in total. The van der Waals surface area contributed by atoms with Crippen LogP contribution in [0.4, 0.5) is 5.69 Å². The average Bonchev–Trinajstić information content (AvgIpc) is 2.89. The molecule has 0 aliphatic carbocycles. The predicted octanol–water partition coefficient (Wildman–Crippen LogP) is 3.51. The number of rotatable bonds is 5. The van der Waals surface area contributed by atoms with Gasteiger partial charge in [-0.3, -0.25) is 14.3 Å². The maximum absolute atomic E-state index is 12.9. The second kappa shape index (κ2) is 7.76. The highest BCUT2D eigenvalue weighted by molar-refractivity contribution is 5.94. The lowest BCUT2D eigenvalue weighted by atomic mass is 10.1. The molecule has 3 rings (SSSR count). The summed E-state index contributed by atoms with van der Waals surface area (Å²) < 4.78 is 9.09. The third kappa shape index (κ3) is 3.58. The number of ether oxygens (including phenoxy) is 1. The third-order valence-corrected chi connectivity index (χ3v) is 5.03. The summed E-state index contributed by atoms with van der Waals surface area (Å²) in [5.41, 5.74) is 3.46. The van der Waals surface area contributed by atoms with E-state index in [9.17, 15) is 9.59 Å². The lowest BCUT2D eigenvalue weighted by Crippen LogP contribution is -2.32. The molecule has 0 spiro atoms. The molecule has 0 fully saturated rings. The van der Waals surface area contributed by atoms with Crippen LogP contribution in [0, 0.1) is 20.8 Å². The fourth-order valence-corrected chi connectivity index (χ4v) is 3.03. The van der Waals surface area contributed by atoms with E-state index in [1.165, 1.54) is 4.68 Å². The van der Waals surface area contributed by atoms with Gasteiger partial charge in [0.2, 0.25) is 0 Å². The summed E-state index contributed by atoms with van der Waals surface area (Å²) in [5, 5.41) is 2.75. The maximum Gasteiger partial charge on any atom is 0.295 e. The van der Waals surface area contributed by atoms with Crippen LogP contribution in [0.5, 0.6) is 5.75 Å². The number of nitrogens with zero attached hydrogens (tertiary/aromatic N) is 2. The number of para-hydroxylation sites is 1. The number of aryl methyl sites for hydroxylation is 1. The van der Waals surface area contributed by atoms with Crippen LogP contribution in [0.2, 0.25) is 0 Å². The molecule has 0 saturated carbocycles. The highest BCUT2D eigenvalue weighted by Crippen LogP contribution is 2.22. The molecule has 6 heteroatoms. The van der Waals surface area contributed by atoms with E-state index in [0.717, 1.165) is 16.8 Å². The Balaban J connectivity index is 1.85. The zero-order valence-corrected chi connectivity index (χ0v) is 16.8. The first-order chi connectivity index (χ1) is 13.3. The van der Waals surface area contributed by atoms with Crippen molar-refractivity contribution in [3.63, 3.8) is 0 Å². The summed E-state index contributed by atoms with van der Waals surface area (Å²) in [7, 11) is 1.79. The van der Waals surface area contributed by atoms with Gasteiger partial charge in [-0.25, -0.2) is 4.68 Å². The van der Waals surface area contributed by atoms with Crippen molar-refractivity contribution in [3.05, 3.63) is 75.7 Å². The predicted molar refractivity (Wildman–Crippen MR) is 110 cm³/mol. The molecule has 28 heavy (non-hydrogen) atoms. The molecule has 1 amide bonds. The van der Waals surface area contributed by atoms with Crippen LogP contribution in [0.1, 0.15) is 23.7 Å². The molecule has 2 aromatic carbocycles. The van der Waals surface area contributed by atoms with E-state index in [-0.39, 0.29) is 17.2 Å². The van der Waals surface area contributed by atoms with Gasteiger partial charge in [0.25, 0.3) is 11.5 Å². The molecule has 0 bridgehead atoms. The Kier molecular flexibility index (Phi) is 5.40. The first-order valence-electron chi connectivity index (χ1n) is 9.19. The minimum atomic E-state index is -0.746. The quantitative estimate of drug-likeness (QED) is 0.738. The van der Waals surface area contributed by atoms with E-state index in [4.69, 9.17) is 4.74 Å². The molecule has 0 aliphatic rings. The molecule has 1 unspecified atom stereocenters. The number of anilines is 1. The van der Waals surface area contributed by atoms with E-state index in [2.05, 4.69) is 5.32 Å². The van der Waals surface area contributed by atoms with Crippen molar-refractivity contribution in [2.45, 2.75) is 33.8 Å². The first kappa shape index (κ1) is 19.5. The van der Waals surface area contributed by atoms with Gasteiger partial charge in [0.05, 0.1) is 11.4 Å². The van der Waals surface area contributed by atoms with Crippen LogP contribution in [0.15, 0.2) is 53.3 Å². The summed E-state index contributed by atoms with van der Waals surface area (Å²) >= 11 is 0. The van der Waals surface area contributed by atoms with Gasteiger partial charge < -0.3 is 10.1 Å². The first-order valence-corrected chi connectivity index (χ1v) is 9.19. The molecular formula is C22H25N3O3. The fraction of sp³-hybridized carbons (Fsp3) is 0.273. The number of carbonyl (C=O) groups is 1. The Morgan fingerprint density at radius 2 is 1.71 bits per heavy atom. The highest BCUT2D eigenvalue weighted by atomic mass is 16.5. The van der Waals surface area contributed by atoms with Crippen molar-refractivity contribution in [1.82, 2.24) is 9.36 Å². The molecule has 1 N–H and O–H groups in total. The van der Waals surface area contributed by atoms with E-state index in [0.29, 0.717) is 11.4 Å². The Morgan fingerprint density at radius 1 is 1.04 bits per heavy atom. The lowest BCUT2D eigenvalue weighted by Gasteiger charge is -2.16. The summed E-state index contributed by atoms with van der Waals surface area (Å²) in [6.45, 7) is 7.42. The van der Waals surface area contributed by atoms with E-state index < -0.39 is 6.10 Å². The fourth-order valence-electron chi connectivity index (χ4n) is 3.03. The largest absolute Gasteiger partial charge is 0.481 e. The number of carbonyl (C=O) groups excluding carboxylic acids is 1. The van der Waals surface area contributed by atoms with Gasteiger partial charge in [-0.05, 0) is 57.0 Å². The van der Waals surface area contributed by atoms with E-state index >= 15 is 0 Å². The van der Waals surface area contributed by atoms with Gasteiger partial charge in [-0.1, -0.05) is 30.3 Å². The number of aromatic nitrogens is 2. The second-order valence-electron chi connectivity index (χ2n) is 6.88. The van der Waals surface area contributed by atoms with Gasteiger partial charge in [-0.15, -0.1) is 0 Å². The summed E-state index contributed by atoms with van der Waals surface area (Å²) in [6, 6.07) is 15.0. The van der Waals surface area contributed by atoms with E-state index in [1.807, 2.05) is 62.4 Å². The Bertz CT molecular complexity index is 1060. The number of hydrogen-bond acceptors (Lipinski definition) is 3. The average molecular weight is 379 g/mol. The number of amides is 1. The topological polar surface area (TPSA) is 65.3 Å². The minimum Gasteiger partial charge on any atom is -0.481 e. The summed E-state index contributed by atoms with van der Waals surface area (Å²) in [5.74, 6) is 0.293. The second-order valence-corrected chi connectivity index (χ2v) is 6.88. The molecule has 0 radical (unpaired) electrons. The van der Waals surface area contributed by atoms with Crippen LogP contribution < -0.4 is 15.6 Å². The molecule has 1 aromatic heterocycles. The van der Waals surface area contributed by atoms with Crippen molar-refractivity contribution in [1.29, 1.82) is 0 Å². The molecule has 146 valence electrons. The van der Waals surface area contributed by atoms with Crippen LogP contribution in [0.3, 0.4) is 0 Å². The molecule has 1 heterocycles. The Hall–Kier alpha value is -3.28. The monoisotopic (exact) mass is 379 g/mol. The van der Waals surface area contributed by atoms with Crippen molar-refractivity contribution in [2.75, 3.05) is 5.32 Å². The van der Waals surface area contributed by atoms with Crippen LogP contribution in [-0.4, -0.2) is 21.4 Å². The highest BCUT2D eigenvalue weighted by Gasteiger charge is 2.22. The lowest BCUT2D eigenvalue weighted by molar-refractivity contribution is -0.122. The molecular weight excluding hydrogens is 354 g/mol. The Labute approximate surface area is 164 Å². The van der Waals surface area contributed by atoms with Crippen LogP contribution in [0.25, 0.3) is 5.69 Å². The van der Waals surface area contributed by atoms with Crippen molar-refractivity contribution in [2.24, 2.45) is 7.05 Å². The standard InChI is InChI=1S/C22H25N3O3/c1-14-10-9-13-19(15(14)2)28-17(4)21(26)23-20-16(3)24(5)25(22(20)27)18-11-7-6-8-12-18/h6-13,17H,1-5H3,(H,23,26). The summed E-state index contributed by atoms with van der Waals surface area (Å²) in [4.78, 5) is 25.6. The molecule has 0 aliphatic heterocycles. The van der Waals surface area contributed by atoms with Gasteiger partial charge in [-0.2, -0.15) is 0 Å². The number of nitrogens with one attached hydrogen (secondary N) is 1. The third-order valence-electron chi connectivity index (χ3n) is 5.03.